The first-order valence-electron chi connectivity index (χ1n) is 12.5. The van der Waals surface area contributed by atoms with Gasteiger partial charge in [-0.25, -0.2) is 9.78 Å². The number of nitrogens with zero attached hydrogens (tertiary/aromatic N) is 2. The fourth-order valence-electron chi connectivity index (χ4n) is 4.34. The number of aliphatic hydroxyl groups excluding tert-OH is 1. The molecule has 0 spiro atoms. The molecular formula is C28H31N5O6. The minimum Gasteiger partial charge on any atom is -0.480 e. The van der Waals surface area contributed by atoms with Crippen LogP contribution in [0.4, 0.5) is 0 Å². The maximum absolute atomic E-state index is 12.8. The van der Waals surface area contributed by atoms with Gasteiger partial charge in [-0.15, -0.1) is 0 Å². The summed E-state index contributed by atoms with van der Waals surface area (Å²) in [6.45, 7) is 5.61. The highest BCUT2D eigenvalue weighted by Gasteiger charge is 2.23. The highest BCUT2D eigenvalue weighted by atomic mass is 16.4. The highest BCUT2D eigenvalue weighted by molar-refractivity contribution is 6.00. The lowest BCUT2D eigenvalue weighted by atomic mass is 10.1. The van der Waals surface area contributed by atoms with Gasteiger partial charge in [0.1, 0.15) is 18.5 Å². The molecule has 2 aromatic carbocycles. The van der Waals surface area contributed by atoms with Crippen LogP contribution in [0.1, 0.15) is 55.4 Å². The first kappa shape index (κ1) is 27.5. The van der Waals surface area contributed by atoms with Crippen LogP contribution in [-0.2, 0) is 22.7 Å². The second kappa shape index (κ2) is 11.1. The zero-order valence-corrected chi connectivity index (χ0v) is 21.9. The third-order valence-electron chi connectivity index (χ3n) is 6.13. The van der Waals surface area contributed by atoms with Crippen molar-refractivity contribution >= 4 is 39.6 Å². The molecule has 2 heterocycles. The number of fused-ring (bicyclic) bond motifs is 2. The number of carboxylic acid groups (broad SMARTS) is 1. The lowest BCUT2D eigenvalue weighted by molar-refractivity contribution is -0.139. The second-order valence-electron chi connectivity index (χ2n) is 10.4. The van der Waals surface area contributed by atoms with E-state index < -0.39 is 23.5 Å². The molecule has 4 rings (SSSR count). The zero-order valence-electron chi connectivity index (χ0n) is 21.9. The van der Waals surface area contributed by atoms with Crippen molar-refractivity contribution in [1.82, 2.24) is 25.2 Å². The Labute approximate surface area is 223 Å². The van der Waals surface area contributed by atoms with E-state index >= 15 is 0 Å². The molecule has 0 bridgehead atoms. The Kier molecular flexibility index (Phi) is 7.82. The van der Waals surface area contributed by atoms with Crippen LogP contribution in [0.25, 0.3) is 21.8 Å². The number of hydrogen-bond acceptors (Lipinski definition) is 6. The molecule has 11 heteroatoms. The van der Waals surface area contributed by atoms with Gasteiger partial charge in [0.25, 0.3) is 11.5 Å². The summed E-state index contributed by atoms with van der Waals surface area (Å²) in [4.78, 5) is 55.8. The van der Waals surface area contributed by atoms with Gasteiger partial charge in [0, 0.05) is 41.2 Å². The van der Waals surface area contributed by atoms with Crippen LogP contribution in [0.3, 0.4) is 0 Å². The van der Waals surface area contributed by atoms with Crippen LogP contribution in [0.5, 0.6) is 0 Å². The van der Waals surface area contributed by atoms with Crippen LogP contribution < -0.4 is 16.2 Å². The number of carbonyl (C=O) groups is 3. The van der Waals surface area contributed by atoms with E-state index in [0.717, 1.165) is 16.5 Å². The molecular weight excluding hydrogens is 502 g/mol. The molecule has 2 aromatic heterocycles. The predicted molar refractivity (Wildman–Crippen MR) is 145 cm³/mol. The predicted octanol–water partition coefficient (Wildman–Crippen LogP) is 2.30. The Bertz CT molecular complexity index is 1610. The average molecular weight is 534 g/mol. The summed E-state index contributed by atoms with van der Waals surface area (Å²) < 4.78 is 1.97. The summed E-state index contributed by atoms with van der Waals surface area (Å²) in [5, 5.41) is 25.3. The summed E-state index contributed by atoms with van der Waals surface area (Å²) in [5.74, 6) is -1.84. The summed E-state index contributed by atoms with van der Waals surface area (Å²) in [7, 11) is 0. The van der Waals surface area contributed by atoms with Gasteiger partial charge in [0.05, 0.1) is 10.9 Å². The van der Waals surface area contributed by atoms with Gasteiger partial charge >= 0.3 is 5.97 Å². The van der Waals surface area contributed by atoms with Gasteiger partial charge in [-0.05, 0) is 69.2 Å². The van der Waals surface area contributed by atoms with Crippen molar-refractivity contribution in [1.29, 1.82) is 0 Å². The summed E-state index contributed by atoms with van der Waals surface area (Å²) in [6.07, 6.45) is 1.80. The number of nitrogens with one attached hydrogen (secondary N) is 3. The van der Waals surface area contributed by atoms with Crippen molar-refractivity contribution < 1.29 is 24.6 Å². The Morgan fingerprint density at radius 2 is 1.87 bits per heavy atom. The Balaban J connectivity index is 1.47. The van der Waals surface area contributed by atoms with Gasteiger partial charge in [0.15, 0.2) is 0 Å². The number of H-pyrrole nitrogens is 1. The molecule has 0 radical (unpaired) electrons. The number of carboxylic acids is 1. The Morgan fingerprint density at radius 3 is 2.56 bits per heavy atom. The molecule has 0 aliphatic heterocycles. The van der Waals surface area contributed by atoms with Crippen molar-refractivity contribution in [2.24, 2.45) is 0 Å². The number of amides is 2. The van der Waals surface area contributed by atoms with E-state index in [9.17, 15) is 29.4 Å². The summed E-state index contributed by atoms with van der Waals surface area (Å²) >= 11 is 0. The highest BCUT2D eigenvalue weighted by Crippen LogP contribution is 2.20. The van der Waals surface area contributed by atoms with Gasteiger partial charge in [0.2, 0.25) is 5.91 Å². The smallest absolute Gasteiger partial charge is 0.326 e. The Hall–Kier alpha value is -4.51. The van der Waals surface area contributed by atoms with Crippen LogP contribution in [0, 0.1) is 0 Å². The number of aliphatic carboxylic acids is 1. The first-order valence-corrected chi connectivity index (χ1v) is 12.5. The molecule has 1 atom stereocenters. The van der Waals surface area contributed by atoms with Gasteiger partial charge in [-0.2, -0.15) is 0 Å². The third-order valence-corrected chi connectivity index (χ3v) is 6.13. The summed E-state index contributed by atoms with van der Waals surface area (Å²) in [6, 6.07) is 11.1. The number of aromatic amines is 1. The van der Waals surface area contributed by atoms with Crippen LogP contribution in [0.15, 0.2) is 53.5 Å². The molecule has 0 unspecified atom stereocenters. The molecule has 204 valence electrons. The standard InChI is InChI=1S/C28H31N5O6/c1-28(2,3)32-24(35)9-7-21(27(38)39)30-25(36)18-5-8-22-17(13-18)10-11-33(22)14-16-4-6-20-19(12-16)26(37)31-23(15-34)29-20/h4-6,8,10-13,21,34H,7,9,14-15H2,1-3H3,(H,30,36)(H,32,35)(H,38,39)(H,29,31,37)/t21-/m0/s1. The monoisotopic (exact) mass is 533 g/mol. The minimum absolute atomic E-state index is 0.0320. The SMILES string of the molecule is CC(C)(C)NC(=O)CC[C@H](NC(=O)c1ccc2c(ccn2Cc2ccc3nc(CO)[nH]c(=O)c3c2)c1)C(=O)O. The normalized spacial score (nSPS) is 12.4. The van der Waals surface area contributed by atoms with Crippen molar-refractivity contribution in [3.63, 3.8) is 0 Å². The first-order chi connectivity index (χ1) is 18.4. The maximum atomic E-state index is 12.8. The van der Waals surface area contributed by atoms with Crippen molar-refractivity contribution in [3.8, 4) is 0 Å². The van der Waals surface area contributed by atoms with Crippen LogP contribution >= 0.6 is 0 Å². The van der Waals surface area contributed by atoms with E-state index in [2.05, 4.69) is 20.6 Å². The largest absolute Gasteiger partial charge is 0.480 e. The fourth-order valence-corrected chi connectivity index (χ4v) is 4.34. The molecule has 11 nitrogen and oxygen atoms in total. The number of rotatable bonds is 9. The fraction of sp³-hybridized carbons (Fsp3) is 0.321. The van der Waals surface area contributed by atoms with Gasteiger partial charge in [-0.3, -0.25) is 14.4 Å². The molecule has 4 aromatic rings. The van der Waals surface area contributed by atoms with E-state index in [1.807, 2.05) is 43.7 Å². The maximum Gasteiger partial charge on any atom is 0.326 e. The molecule has 0 aliphatic carbocycles. The van der Waals surface area contributed by atoms with Crippen molar-refractivity contribution in [2.75, 3.05) is 0 Å². The molecule has 5 N–H and O–H groups in total. The average Bonchev–Trinajstić information content (AvgIpc) is 3.27. The summed E-state index contributed by atoms with van der Waals surface area (Å²) in [5.41, 5.74) is 1.75. The minimum atomic E-state index is -1.21. The third kappa shape index (κ3) is 6.68. The van der Waals surface area contributed by atoms with Crippen LogP contribution in [-0.4, -0.2) is 54.1 Å². The quantitative estimate of drug-likeness (QED) is 0.220. The molecule has 0 aliphatic rings. The van der Waals surface area contributed by atoms with E-state index in [1.165, 1.54) is 0 Å². The van der Waals surface area contributed by atoms with E-state index in [4.69, 9.17) is 0 Å². The zero-order chi connectivity index (χ0) is 28.3. The molecule has 0 saturated heterocycles. The van der Waals surface area contributed by atoms with Crippen molar-refractivity contribution in [3.05, 3.63) is 76.0 Å². The van der Waals surface area contributed by atoms with Gasteiger partial charge in [-0.1, -0.05) is 6.07 Å². The van der Waals surface area contributed by atoms with Gasteiger partial charge < -0.3 is 30.4 Å². The molecule has 2 amide bonds. The van der Waals surface area contributed by atoms with E-state index in [1.54, 1.807) is 30.3 Å². The second-order valence-corrected chi connectivity index (χ2v) is 10.4. The molecule has 0 saturated carbocycles. The molecule has 0 fully saturated rings. The number of hydrogen-bond donors (Lipinski definition) is 5. The number of carbonyl (C=O) groups excluding carboxylic acids is 2. The number of aromatic nitrogens is 3. The van der Waals surface area contributed by atoms with E-state index in [-0.39, 0.29) is 36.7 Å². The number of aliphatic hydroxyl groups is 1. The lowest BCUT2D eigenvalue weighted by Gasteiger charge is -2.21. The Morgan fingerprint density at radius 1 is 1.10 bits per heavy atom. The van der Waals surface area contributed by atoms with Crippen molar-refractivity contribution in [2.45, 2.75) is 58.3 Å². The number of benzene rings is 2. The van der Waals surface area contributed by atoms with E-state index in [0.29, 0.717) is 23.0 Å². The lowest BCUT2D eigenvalue weighted by Crippen LogP contribution is -2.44. The van der Waals surface area contributed by atoms with Crippen LogP contribution in [0.2, 0.25) is 0 Å². The topological polar surface area (TPSA) is 166 Å². The molecule has 39 heavy (non-hydrogen) atoms.